The van der Waals surface area contributed by atoms with Gasteiger partial charge >= 0.3 is 0 Å². The minimum Gasteiger partial charge on any atom is -0.456 e. The first-order valence-electron chi connectivity index (χ1n) is 18.4. The molecule has 1 heterocycles. The molecule has 0 radical (unpaired) electrons. The first kappa shape index (κ1) is 31.6. The van der Waals surface area contributed by atoms with E-state index in [1.807, 2.05) is 12.1 Å². The zero-order valence-corrected chi connectivity index (χ0v) is 29.6. The van der Waals surface area contributed by atoms with E-state index >= 15 is 0 Å². The molecule has 0 aliphatic carbocycles. The topological polar surface area (TPSA) is 16.4 Å². The average Bonchev–Trinajstić information content (AvgIpc) is 3.64. The van der Waals surface area contributed by atoms with E-state index in [9.17, 15) is 0 Å². The summed E-state index contributed by atoms with van der Waals surface area (Å²) in [5.41, 5.74) is 14.6. The highest BCUT2D eigenvalue weighted by Gasteiger charge is 2.16. The van der Waals surface area contributed by atoms with Crippen molar-refractivity contribution in [3.63, 3.8) is 0 Å². The van der Waals surface area contributed by atoms with Crippen molar-refractivity contribution in [1.82, 2.24) is 0 Å². The Balaban J connectivity index is 1.04. The lowest BCUT2D eigenvalue weighted by Gasteiger charge is -2.26. The monoisotopic (exact) mass is 689 g/mol. The molecule has 0 N–H and O–H groups in total. The van der Waals surface area contributed by atoms with Crippen LogP contribution in [0, 0.1) is 0 Å². The van der Waals surface area contributed by atoms with E-state index < -0.39 is 0 Å². The average molecular weight is 690 g/mol. The molecule has 0 spiro atoms. The predicted octanol–water partition coefficient (Wildman–Crippen LogP) is 14.9. The van der Waals surface area contributed by atoms with Crippen LogP contribution in [0.5, 0.6) is 0 Å². The molecule has 0 saturated heterocycles. The number of anilines is 3. The number of furan rings is 1. The lowest BCUT2D eigenvalue weighted by molar-refractivity contribution is 0.669. The summed E-state index contributed by atoms with van der Waals surface area (Å²) in [4.78, 5) is 2.34. The van der Waals surface area contributed by atoms with Gasteiger partial charge in [-0.2, -0.15) is 0 Å². The molecular formula is C52H35NO. The summed E-state index contributed by atoms with van der Waals surface area (Å²) < 4.78 is 6.22. The standard InChI is InChI=1S/C52H35NO/c1-2-11-36(12-3-1)41-15-8-16-42(35-41)37-23-29-43(30-24-37)53(44-31-25-39(26-32-44)47-19-9-14-38-13-4-5-17-46(38)47)45-33-27-40(28-34-45)48-20-10-22-51-52(48)49-18-6-7-21-50(49)54-51/h1-35H. The smallest absolute Gasteiger partial charge is 0.136 e. The molecule has 2 nitrogen and oxygen atoms in total. The third-order valence-electron chi connectivity index (χ3n) is 10.5. The molecular weight excluding hydrogens is 655 g/mol. The van der Waals surface area contributed by atoms with Crippen LogP contribution >= 0.6 is 0 Å². The van der Waals surface area contributed by atoms with Crippen LogP contribution in [0.2, 0.25) is 0 Å². The Morgan fingerprint density at radius 2 is 0.759 bits per heavy atom. The Morgan fingerprint density at radius 3 is 1.46 bits per heavy atom. The third-order valence-corrected chi connectivity index (χ3v) is 10.5. The summed E-state index contributed by atoms with van der Waals surface area (Å²) in [5, 5.41) is 4.78. The van der Waals surface area contributed by atoms with Gasteiger partial charge in [-0.15, -0.1) is 0 Å². The minimum atomic E-state index is 0.903. The van der Waals surface area contributed by atoms with Gasteiger partial charge in [0.25, 0.3) is 0 Å². The molecule has 2 heteroatoms. The fourth-order valence-electron chi connectivity index (χ4n) is 7.83. The summed E-state index contributed by atoms with van der Waals surface area (Å²) in [5.74, 6) is 0. The van der Waals surface area contributed by atoms with Crippen LogP contribution in [-0.2, 0) is 0 Å². The van der Waals surface area contributed by atoms with Crippen molar-refractivity contribution in [1.29, 1.82) is 0 Å². The molecule has 0 unspecified atom stereocenters. The minimum absolute atomic E-state index is 0.903. The van der Waals surface area contributed by atoms with Gasteiger partial charge in [-0.05, 0) is 110 Å². The maximum atomic E-state index is 6.22. The van der Waals surface area contributed by atoms with Crippen LogP contribution in [0.15, 0.2) is 217 Å². The summed E-state index contributed by atoms with van der Waals surface area (Å²) in [6, 6.07) is 75.9. The van der Waals surface area contributed by atoms with Crippen LogP contribution in [-0.4, -0.2) is 0 Å². The Bertz CT molecular complexity index is 2900. The van der Waals surface area contributed by atoms with Gasteiger partial charge < -0.3 is 9.32 Å². The number of nitrogens with zero attached hydrogens (tertiary/aromatic N) is 1. The molecule has 9 aromatic carbocycles. The van der Waals surface area contributed by atoms with Crippen molar-refractivity contribution in [2.45, 2.75) is 0 Å². The zero-order chi connectivity index (χ0) is 35.8. The van der Waals surface area contributed by atoms with E-state index in [1.54, 1.807) is 0 Å². The van der Waals surface area contributed by atoms with Crippen LogP contribution in [0.25, 0.3) is 77.2 Å². The highest BCUT2D eigenvalue weighted by atomic mass is 16.3. The van der Waals surface area contributed by atoms with Crippen LogP contribution in [0.1, 0.15) is 0 Å². The van der Waals surface area contributed by atoms with E-state index in [-0.39, 0.29) is 0 Å². The number of fused-ring (bicyclic) bond motifs is 4. The summed E-state index contributed by atoms with van der Waals surface area (Å²) >= 11 is 0. The summed E-state index contributed by atoms with van der Waals surface area (Å²) in [7, 11) is 0. The van der Waals surface area contributed by atoms with Gasteiger partial charge in [0.05, 0.1) is 0 Å². The molecule has 0 aliphatic heterocycles. The van der Waals surface area contributed by atoms with Gasteiger partial charge in [0.15, 0.2) is 0 Å². The largest absolute Gasteiger partial charge is 0.456 e. The molecule has 0 atom stereocenters. The lowest BCUT2D eigenvalue weighted by Crippen LogP contribution is -2.09. The van der Waals surface area contributed by atoms with Crippen molar-refractivity contribution >= 4 is 49.8 Å². The predicted molar refractivity (Wildman–Crippen MR) is 228 cm³/mol. The maximum Gasteiger partial charge on any atom is 0.136 e. The number of benzene rings is 9. The Hall–Kier alpha value is -7.16. The van der Waals surface area contributed by atoms with Crippen LogP contribution < -0.4 is 4.90 Å². The number of para-hydroxylation sites is 1. The van der Waals surface area contributed by atoms with Crippen LogP contribution in [0.3, 0.4) is 0 Å². The SMILES string of the molecule is c1ccc(-c2cccc(-c3ccc(N(c4ccc(-c5cccc6ccccc56)cc4)c4ccc(-c5cccc6oc7ccccc7c56)cc4)cc3)c2)cc1. The Kier molecular flexibility index (Phi) is 7.85. The quantitative estimate of drug-likeness (QED) is 0.166. The number of hydrogen-bond acceptors (Lipinski definition) is 2. The molecule has 10 rings (SSSR count). The molecule has 0 aliphatic rings. The van der Waals surface area contributed by atoms with Gasteiger partial charge in [-0.3, -0.25) is 0 Å². The van der Waals surface area contributed by atoms with E-state index in [0.29, 0.717) is 0 Å². The fourth-order valence-corrected chi connectivity index (χ4v) is 7.83. The molecule has 1 aromatic heterocycles. The fraction of sp³-hybridized carbons (Fsp3) is 0. The second-order valence-corrected chi connectivity index (χ2v) is 13.7. The van der Waals surface area contributed by atoms with E-state index in [0.717, 1.165) is 50.1 Å². The molecule has 0 saturated carbocycles. The summed E-state index contributed by atoms with van der Waals surface area (Å²) in [6.45, 7) is 0. The first-order chi connectivity index (χ1) is 26.8. The Morgan fingerprint density at radius 1 is 0.296 bits per heavy atom. The zero-order valence-electron chi connectivity index (χ0n) is 29.6. The lowest BCUT2D eigenvalue weighted by atomic mass is 9.97. The number of rotatable bonds is 7. The Labute approximate surface area is 314 Å². The molecule has 54 heavy (non-hydrogen) atoms. The van der Waals surface area contributed by atoms with Crippen molar-refractivity contribution in [3.8, 4) is 44.5 Å². The van der Waals surface area contributed by atoms with Gasteiger partial charge in [0.2, 0.25) is 0 Å². The second kappa shape index (κ2) is 13.4. The highest BCUT2D eigenvalue weighted by Crippen LogP contribution is 2.41. The highest BCUT2D eigenvalue weighted by molar-refractivity contribution is 6.12. The second-order valence-electron chi connectivity index (χ2n) is 13.7. The van der Waals surface area contributed by atoms with Gasteiger partial charge in [-0.1, -0.05) is 158 Å². The normalized spacial score (nSPS) is 11.3. The maximum absolute atomic E-state index is 6.22. The van der Waals surface area contributed by atoms with Crippen molar-refractivity contribution in [2.24, 2.45) is 0 Å². The molecule has 0 fully saturated rings. The van der Waals surface area contributed by atoms with Crippen molar-refractivity contribution in [2.75, 3.05) is 4.90 Å². The number of hydrogen-bond donors (Lipinski definition) is 0. The van der Waals surface area contributed by atoms with E-state index in [1.165, 1.54) is 44.2 Å². The van der Waals surface area contributed by atoms with Crippen LogP contribution in [0.4, 0.5) is 17.1 Å². The van der Waals surface area contributed by atoms with Crippen molar-refractivity contribution < 1.29 is 4.42 Å². The molecule has 0 amide bonds. The first-order valence-corrected chi connectivity index (χ1v) is 18.4. The van der Waals surface area contributed by atoms with E-state index in [4.69, 9.17) is 4.42 Å². The van der Waals surface area contributed by atoms with Gasteiger partial charge in [0.1, 0.15) is 11.2 Å². The summed E-state index contributed by atoms with van der Waals surface area (Å²) in [6.07, 6.45) is 0. The van der Waals surface area contributed by atoms with Gasteiger partial charge in [-0.25, -0.2) is 0 Å². The molecule has 0 bridgehead atoms. The molecule has 10 aromatic rings. The molecule has 254 valence electrons. The van der Waals surface area contributed by atoms with Gasteiger partial charge in [0, 0.05) is 27.8 Å². The third kappa shape index (κ3) is 5.71. The van der Waals surface area contributed by atoms with E-state index in [2.05, 4.69) is 205 Å². The van der Waals surface area contributed by atoms with Crippen molar-refractivity contribution in [3.05, 3.63) is 212 Å².